The largest absolute Gasteiger partial charge is 0.494 e. The van der Waals surface area contributed by atoms with Crippen LogP contribution in [0.4, 0.5) is 5.69 Å². The summed E-state index contributed by atoms with van der Waals surface area (Å²) in [5, 5.41) is 10.8. The highest BCUT2D eigenvalue weighted by molar-refractivity contribution is 6.03. The molecule has 1 aromatic rings. The first kappa shape index (κ1) is 38.6. The lowest BCUT2D eigenvalue weighted by atomic mass is 9.64. The van der Waals surface area contributed by atoms with E-state index in [1.54, 1.807) is 22.0 Å². The molecule has 0 saturated carbocycles. The minimum absolute atomic E-state index is 0.0813. The van der Waals surface area contributed by atoms with Gasteiger partial charge >= 0.3 is 0 Å². The summed E-state index contributed by atoms with van der Waals surface area (Å²) in [5.74, 6) is -1.58. The fourth-order valence-electron chi connectivity index (χ4n) is 9.34. The van der Waals surface area contributed by atoms with Crippen molar-refractivity contribution in [1.29, 1.82) is 0 Å². The molecule has 0 aliphatic carbocycles. The van der Waals surface area contributed by atoms with Crippen LogP contribution in [0.5, 0.6) is 5.75 Å². The van der Waals surface area contributed by atoms with Gasteiger partial charge in [0.1, 0.15) is 17.4 Å². The van der Waals surface area contributed by atoms with Crippen molar-refractivity contribution >= 4 is 23.4 Å². The first-order chi connectivity index (χ1) is 23.0. The Kier molecular flexibility index (Phi) is 11.5. The van der Waals surface area contributed by atoms with Crippen LogP contribution in [0.25, 0.3) is 0 Å². The predicted molar refractivity (Wildman–Crippen MR) is 194 cm³/mol. The van der Waals surface area contributed by atoms with Gasteiger partial charge in [-0.3, -0.25) is 14.4 Å². The highest BCUT2D eigenvalue weighted by Gasteiger charge is 2.79. The Bertz CT molecular complexity index is 1380. The summed E-state index contributed by atoms with van der Waals surface area (Å²) in [6.45, 7) is 27.3. The van der Waals surface area contributed by atoms with E-state index in [1.165, 1.54) is 0 Å². The molecule has 2 unspecified atom stereocenters. The highest BCUT2D eigenvalue weighted by Crippen LogP contribution is 2.65. The first-order valence-corrected chi connectivity index (χ1v) is 18.2. The molecule has 0 aromatic heterocycles. The lowest BCUT2D eigenvalue weighted by molar-refractivity contribution is -0.160. The molecule has 1 spiro atoms. The van der Waals surface area contributed by atoms with Crippen molar-refractivity contribution in [2.45, 2.75) is 123 Å². The molecular weight excluding hydrogens is 618 g/mol. The third-order valence-corrected chi connectivity index (χ3v) is 10.8. The summed E-state index contributed by atoms with van der Waals surface area (Å²) < 4.78 is 12.8. The zero-order chi connectivity index (χ0) is 36.5. The second-order valence-corrected chi connectivity index (χ2v) is 16.5. The lowest BCUT2D eigenvalue weighted by Gasteiger charge is -2.46. The van der Waals surface area contributed by atoms with E-state index in [2.05, 4.69) is 47.8 Å². The summed E-state index contributed by atoms with van der Waals surface area (Å²) in [6.07, 6.45) is 6.17. The van der Waals surface area contributed by atoms with Crippen LogP contribution >= 0.6 is 0 Å². The van der Waals surface area contributed by atoms with Crippen molar-refractivity contribution in [3.63, 3.8) is 0 Å². The summed E-state index contributed by atoms with van der Waals surface area (Å²) in [6, 6.07) is 5.75. The molecule has 3 saturated heterocycles. The zero-order valence-corrected chi connectivity index (χ0v) is 31.5. The van der Waals surface area contributed by atoms with Gasteiger partial charge in [-0.05, 0) is 88.5 Å². The van der Waals surface area contributed by atoms with Gasteiger partial charge in [0, 0.05) is 24.3 Å². The number of fused-ring (bicyclic) bond motifs is 1. The molecule has 3 aliphatic rings. The van der Waals surface area contributed by atoms with Crippen molar-refractivity contribution < 1.29 is 29.0 Å². The lowest BCUT2D eigenvalue weighted by Crippen LogP contribution is -2.62. The second-order valence-electron chi connectivity index (χ2n) is 16.5. The third-order valence-electron chi connectivity index (χ3n) is 10.8. The van der Waals surface area contributed by atoms with Crippen molar-refractivity contribution in [2.75, 3.05) is 31.2 Å². The van der Waals surface area contributed by atoms with E-state index in [4.69, 9.17) is 9.47 Å². The van der Waals surface area contributed by atoms with Gasteiger partial charge in [-0.25, -0.2) is 0 Å². The van der Waals surface area contributed by atoms with Crippen LogP contribution in [-0.4, -0.2) is 87.8 Å². The Morgan fingerprint density at radius 1 is 1.06 bits per heavy atom. The SMILES string of the molecule is C=CCN(C(=O)[C@H]1[C@H]2C(=O)N([C@@H](CO)CC(C)C)C(C(=O)N(CC=C)C(C)(C)CC(C)(C)C)C23CC[C@]1(CC)O3)c1ccc(OCC)cc1. The summed E-state index contributed by atoms with van der Waals surface area (Å²) in [4.78, 5) is 50.4. The fraction of sp³-hybridized carbons (Fsp3) is 0.675. The number of benzene rings is 1. The molecule has 9 nitrogen and oxygen atoms in total. The quantitative estimate of drug-likeness (QED) is 0.203. The molecule has 1 aromatic carbocycles. The molecule has 2 bridgehead atoms. The number of carbonyl (C=O) groups excluding carboxylic acids is 3. The minimum Gasteiger partial charge on any atom is -0.494 e. The van der Waals surface area contributed by atoms with Crippen molar-refractivity contribution in [1.82, 2.24) is 9.80 Å². The van der Waals surface area contributed by atoms with Crippen LogP contribution in [0.2, 0.25) is 0 Å². The standard InChI is InChI=1S/C40H61N3O6/c1-12-22-41(28-16-18-30(19-17-28)48-15-4)34(45)31-32-35(46)43(29(25-44)24-27(5)6)33(40(32)21-20-39(31,14-3)49-40)36(47)42(23-13-2)38(10,11)26-37(7,8)9/h12-13,16-19,27,29,31-33,44H,1-2,14-15,20-26H2,3-11H3/t29-,31-,32+,33?,39+,40?/m1/s1. The average Bonchev–Trinajstić information content (AvgIpc) is 3.63. The number of nitrogens with zero attached hydrogens (tertiary/aromatic N) is 3. The monoisotopic (exact) mass is 679 g/mol. The van der Waals surface area contributed by atoms with Crippen molar-refractivity contribution in [2.24, 2.45) is 23.2 Å². The molecule has 3 heterocycles. The Morgan fingerprint density at radius 2 is 1.69 bits per heavy atom. The van der Waals surface area contributed by atoms with E-state index in [9.17, 15) is 9.90 Å². The number of amides is 3. The topological polar surface area (TPSA) is 99.6 Å². The van der Waals surface area contributed by atoms with Crippen molar-refractivity contribution in [3.8, 4) is 5.75 Å². The second kappa shape index (κ2) is 14.6. The summed E-state index contributed by atoms with van der Waals surface area (Å²) >= 11 is 0. The van der Waals surface area contributed by atoms with Gasteiger partial charge in [0.05, 0.1) is 36.7 Å². The smallest absolute Gasteiger partial charge is 0.249 e. The number of carbonyl (C=O) groups is 3. The zero-order valence-electron chi connectivity index (χ0n) is 31.5. The Labute approximate surface area is 294 Å². The van der Waals surface area contributed by atoms with E-state index < -0.39 is 40.7 Å². The van der Waals surface area contributed by atoms with Crippen LogP contribution in [0.1, 0.15) is 94.4 Å². The molecule has 6 atom stereocenters. The Balaban J connectivity index is 1.88. The number of ether oxygens (including phenoxy) is 2. The average molecular weight is 680 g/mol. The van der Waals surface area contributed by atoms with Gasteiger partial charge in [0.2, 0.25) is 17.7 Å². The molecule has 3 fully saturated rings. The summed E-state index contributed by atoms with van der Waals surface area (Å²) in [5.41, 5.74) is -2.13. The normalized spacial score (nSPS) is 26.9. The first-order valence-electron chi connectivity index (χ1n) is 18.2. The number of aliphatic hydroxyl groups excluding tert-OH is 1. The molecule has 4 rings (SSSR count). The Morgan fingerprint density at radius 3 is 2.20 bits per heavy atom. The van der Waals surface area contributed by atoms with E-state index in [0.29, 0.717) is 56.7 Å². The third kappa shape index (κ3) is 7.07. The van der Waals surface area contributed by atoms with Crippen LogP contribution in [0.15, 0.2) is 49.6 Å². The molecule has 3 amide bonds. The minimum atomic E-state index is -1.22. The fourth-order valence-corrected chi connectivity index (χ4v) is 9.34. The molecule has 272 valence electrons. The van der Waals surface area contributed by atoms with E-state index in [-0.39, 0.29) is 42.2 Å². The van der Waals surface area contributed by atoms with Gasteiger partial charge in [-0.15, -0.1) is 13.2 Å². The highest BCUT2D eigenvalue weighted by atomic mass is 16.5. The van der Waals surface area contributed by atoms with E-state index in [0.717, 1.165) is 0 Å². The van der Waals surface area contributed by atoms with Crippen molar-refractivity contribution in [3.05, 3.63) is 49.6 Å². The van der Waals surface area contributed by atoms with Gasteiger partial charge in [0.15, 0.2) is 0 Å². The van der Waals surface area contributed by atoms with Crippen LogP contribution in [-0.2, 0) is 19.1 Å². The van der Waals surface area contributed by atoms with Crippen LogP contribution < -0.4 is 9.64 Å². The van der Waals surface area contributed by atoms with Crippen LogP contribution in [0, 0.1) is 23.2 Å². The van der Waals surface area contributed by atoms with E-state index in [1.807, 2.05) is 56.9 Å². The molecule has 0 radical (unpaired) electrons. The maximum atomic E-state index is 15.3. The number of hydrogen-bond donors (Lipinski definition) is 1. The number of hydrogen-bond acceptors (Lipinski definition) is 6. The molecule has 9 heteroatoms. The Hall–Kier alpha value is -3.17. The maximum absolute atomic E-state index is 15.3. The van der Waals surface area contributed by atoms with Gasteiger partial charge in [-0.1, -0.05) is 53.7 Å². The molecular formula is C40H61N3O6. The molecule has 49 heavy (non-hydrogen) atoms. The van der Waals surface area contributed by atoms with Gasteiger partial charge < -0.3 is 29.3 Å². The summed E-state index contributed by atoms with van der Waals surface area (Å²) in [7, 11) is 0. The maximum Gasteiger partial charge on any atom is 0.249 e. The molecule has 3 aliphatic heterocycles. The van der Waals surface area contributed by atoms with Gasteiger partial charge in [-0.2, -0.15) is 0 Å². The number of anilines is 1. The van der Waals surface area contributed by atoms with Crippen LogP contribution in [0.3, 0.4) is 0 Å². The molecule has 1 N–H and O–H groups in total. The number of aliphatic hydroxyl groups is 1. The van der Waals surface area contributed by atoms with E-state index >= 15 is 9.59 Å². The number of rotatable bonds is 16. The number of likely N-dealkylation sites (tertiary alicyclic amines) is 1. The predicted octanol–water partition coefficient (Wildman–Crippen LogP) is 6.40. The van der Waals surface area contributed by atoms with Gasteiger partial charge in [0.25, 0.3) is 0 Å².